The summed E-state index contributed by atoms with van der Waals surface area (Å²) in [5, 5.41) is 0. The van der Waals surface area contributed by atoms with Crippen LogP contribution in [0.5, 0.6) is 11.5 Å². The van der Waals surface area contributed by atoms with Crippen molar-refractivity contribution in [2.45, 2.75) is 19.3 Å². The van der Waals surface area contributed by atoms with Gasteiger partial charge in [-0.1, -0.05) is 36.4 Å². The predicted molar refractivity (Wildman–Crippen MR) is 104 cm³/mol. The minimum atomic E-state index is 0.352. The number of hydrogen-bond donors (Lipinski definition) is 0. The largest absolute Gasteiger partial charge is 0.454 e. The molecule has 0 amide bonds. The molecule has 0 bridgehead atoms. The Morgan fingerprint density at radius 2 is 1.42 bits per heavy atom. The molecule has 2 aromatic carbocycles. The number of benzene rings is 2. The van der Waals surface area contributed by atoms with Gasteiger partial charge in [0.2, 0.25) is 6.79 Å². The molecule has 1 saturated heterocycles. The Morgan fingerprint density at radius 1 is 0.692 bits per heavy atom. The summed E-state index contributed by atoms with van der Waals surface area (Å²) in [6.07, 6.45) is 3.51. The van der Waals surface area contributed by atoms with E-state index in [0.717, 1.165) is 24.5 Å². The molecule has 2 aliphatic rings. The Hall–Kier alpha value is -2.04. The summed E-state index contributed by atoms with van der Waals surface area (Å²) in [7, 11) is 0. The molecular weight excluding hydrogens is 324 g/mol. The lowest BCUT2D eigenvalue weighted by Crippen LogP contribution is -2.47. The third-order valence-corrected chi connectivity index (χ3v) is 5.40. The molecule has 2 aromatic rings. The van der Waals surface area contributed by atoms with Crippen LogP contribution in [0.2, 0.25) is 0 Å². The number of nitrogens with zero attached hydrogens (tertiary/aromatic N) is 2. The van der Waals surface area contributed by atoms with Crippen molar-refractivity contribution in [3.05, 3.63) is 59.7 Å². The first-order valence-electron chi connectivity index (χ1n) is 9.74. The van der Waals surface area contributed by atoms with Gasteiger partial charge in [-0.3, -0.25) is 0 Å². The Morgan fingerprint density at radius 3 is 2.23 bits per heavy atom. The monoisotopic (exact) mass is 352 g/mol. The maximum atomic E-state index is 5.47. The van der Waals surface area contributed by atoms with Crippen molar-refractivity contribution in [1.82, 2.24) is 9.80 Å². The van der Waals surface area contributed by atoms with Gasteiger partial charge in [0.05, 0.1) is 0 Å². The van der Waals surface area contributed by atoms with E-state index in [1.54, 1.807) is 0 Å². The van der Waals surface area contributed by atoms with Crippen molar-refractivity contribution in [2.24, 2.45) is 0 Å². The van der Waals surface area contributed by atoms with Crippen molar-refractivity contribution in [2.75, 3.05) is 46.1 Å². The molecule has 2 heterocycles. The molecule has 0 saturated carbocycles. The first kappa shape index (κ1) is 17.4. The second-order valence-electron chi connectivity index (χ2n) is 7.21. The van der Waals surface area contributed by atoms with Gasteiger partial charge in [-0.25, -0.2) is 0 Å². The SMILES string of the molecule is c1ccc(CCCN2CCN(CCc3ccc4c(c3)OCO4)CC2)cc1. The Kier molecular flexibility index (Phi) is 5.72. The van der Waals surface area contributed by atoms with Gasteiger partial charge in [0.25, 0.3) is 0 Å². The second-order valence-corrected chi connectivity index (χ2v) is 7.21. The van der Waals surface area contributed by atoms with Crippen molar-refractivity contribution in [3.63, 3.8) is 0 Å². The topological polar surface area (TPSA) is 24.9 Å². The van der Waals surface area contributed by atoms with Crippen molar-refractivity contribution < 1.29 is 9.47 Å². The van der Waals surface area contributed by atoms with E-state index in [1.807, 2.05) is 6.07 Å². The summed E-state index contributed by atoms with van der Waals surface area (Å²) < 4.78 is 10.9. The van der Waals surface area contributed by atoms with E-state index in [0.29, 0.717) is 6.79 Å². The van der Waals surface area contributed by atoms with Gasteiger partial charge in [-0.15, -0.1) is 0 Å². The van der Waals surface area contributed by atoms with E-state index in [2.05, 4.69) is 52.3 Å². The molecule has 4 heteroatoms. The molecule has 0 spiro atoms. The fourth-order valence-electron chi connectivity index (χ4n) is 3.77. The van der Waals surface area contributed by atoms with Crippen LogP contribution in [0.4, 0.5) is 0 Å². The molecule has 0 aromatic heterocycles. The van der Waals surface area contributed by atoms with E-state index in [9.17, 15) is 0 Å². The summed E-state index contributed by atoms with van der Waals surface area (Å²) in [4.78, 5) is 5.19. The third-order valence-electron chi connectivity index (χ3n) is 5.40. The van der Waals surface area contributed by atoms with E-state index in [4.69, 9.17) is 9.47 Å². The highest BCUT2D eigenvalue weighted by molar-refractivity contribution is 5.44. The molecule has 0 N–H and O–H groups in total. The van der Waals surface area contributed by atoms with Gasteiger partial charge in [0.1, 0.15) is 0 Å². The zero-order valence-electron chi connectivity index (χ0n) is 15.4. The summed E-state index contributed by atoms with van der Waals surface area (Å²) in [6, 6.07) is 17.1. The molecular formula is C22H28N2O2. The van der Waals surface area contributed by atoms with Crippen LogP contribution in [0.3, 0.4) is 0 Å². The minimum absolute atomic E-state index is 0.352. The third kappa shape index (κ3) is 4.57. The standard InChI is InChI=1S/C22H28N2O2/c1-2-5-19(6-3-1)7-4-11-23-13-15-24(16-14-23)12-10-20-8-9-21-22(17-20)26-18-25-21/h1-3,5-6,8-9,17H,4,7,10-16,18H2. The molecule has 0 unspecified atom stereocenters. The van der Waals surface area contributed by atoms with Gasteiger partial charge >= 0.3 is 0 Å². The van der Waals surface area contributed by atoms with Crippen LogP contribution in [0.1, 0.15) is 17.5 Å². The normalized spacial score (nSPS) is 17.5. The number of rotatable bonds is 7. The fraction of sp³-hybridized carbons (Fsp3) is 0.455. The first-order chi connectivity index (χ1) is 12.9. The molecule has 1 fully saturated rings. The molecule has 0 atom stereocenters. The lowest BCUT2D eigenvalue weighted by Gasteiger charge is -2.34. The zero-order valence-corrected chi connectivity index (χ0v) is 15.4. The molecule has 2 aliphatic heterocycles. The van der Waals surface area contributed by atoms with Gasteiger partial charge in [0.15, 0.2) is 11.5 Å². The lowest BCUT2D eigenvalue weighted by molar-refractivity contribution is 0.132. The summed E-state index contributed by atoms with van der Waals surface area (Å²) in [6.45, 7) is 7.42. The summed E-state index contributed by atoms with van der Waals surface area (Å²) in [5.74, 6) is 1.77. The number of aryl methyl sites for hydroxylation is 1. The van der Waals surface area contributed by atoms with E-state index in [1.165, 1.54) is 56.7 Å². The molecule has 4 rings (SSSR count). The quantitative estimate of drug-likeness (QED) is 0.764. The molecule has 138 valence electrons. The maximum absolute atomic E-state index is 5.47. The van der Waals surface area contributed by atoms with Gasteiger partial charge in [0, 0.05) is 32.7 Å². The first-order valence-corrected chi connectivity index (χ1v) is 9.74. The van der Waals surface area contributed by atoms with Crippen LogP contribution in [0.15, 0.2) is 48.5 Å². The Balaban J connectivity index is 1.15. The minimum Gasteiger partial charge on any atom is -0.454 e. The average Bonchev–Trinajstić information content (AvgIpc) is 3.16. The molecule has 0 aliphatic carbocycles. The lowest BCUT2D eigenvalue weighted by atomic mass is 10.1. The average molecular weight is 352 g/mol. The number of ether oxygens (including phenoxy) is 2. The summed E-state index contributed by atoms with van der Waals surface area (Å²) >= 11 is 0. The number of piperazine rings is 1. The van der Waals surface area contributed by atoms with E-state index >= 15 is 0 Å². The van der Waals surface area contributed by atoms with Crippen LogP contribution < -0.4 is 9.47 Å². The van der Waals surface area contributed by atoms with Crippen molar-refractivity contribution in [3.8, 4) is 11.5 Å². The summed E-state index contributed by atoms with van der Waals surface area (Å²) in [5.41, 5.74) is 2.79. The highest BCUT2D eigenvalue weighted by Crippen LogP contribution is 2.32. The smallest absolute Gasteiger partial charge is 0.231 e. The predicted octanol–water partition coefficient (Wildman–Crippen LogP) is 3.21. The number of fused-ring (bicyclic) bond motifs is 1. The highest BCUT2D eigenvalue weighted by Gasteiger charge is 2.17. The highest BCUT2D eigenvalue weighted by atomic mass is 16.7. The molecule has 0 radical (unpaired) electrons. The number of hydrogen-bond acceptors (Lipinski definition) is 4. The molecule has 4 nitrogen and oxygen atoms in total. The maximum Gasteiger partial charge on any atom is 0.231 e. The van der Waals surface area contributed by atoms with Crippen molar-refractivity contribution in [1.29, 1.82) is 0 Å². The Bertz CT molecular complexity index is 697. The van der Waals surface area contributed by atoms with Crippen LogP contribution in [-0.2, 0) is 12.8 Å². The molecule has 26 heavy (non-hydrogen) atoms. The second kappa shape index (κ2) is 8.56. The van der Waals surface area contributed by atoms with Gasteiger partial charge in [-0.2, -0.15) is 0 Å². The Labute approximate surface area is 156 Å². The zero-order chi connectivity index (χ0) is 17.6. The van der Waals surface area contributed by atoms with Crippen molar-refractivity contribution >= 4 is 0 Å². The van der Waals surface area contributed by atoms with Gasteiger partial charge in [-0.05, 0) is 49.1 Å². The van der Waals surface area contributed by atoms with E-state index < -0.39 is 0 Å². The van der Waals surface area contributed by atoms with Crippen LogP contribution in [0, 0.1) is 0 Å². The van der Waals surface area contributed by atoms with Crippen LogP contribution in [-0.4, -0.2) is 55.9 Å². The van der Waals surface area contributed by atoms with Gasteiger partial charge < -0.3 is 19.3 Å². The van der Waals surface area contributed by atoms with Crippen LogP contribution in [0.25, 0.3) is 0 Å². The van der Waals surface area contributed by atoms with Crippen LogP contribution >= 0.6 is 0 Å². The fourth-order valence-corrected chi connectivity index (χ4v) is 3.77. The van der Waals surface area contributed by atoms with E-state index in [-0.39, 0.29) is 0 Å².